The Morgan fingerprint density at radius 3 is 2.91 bits per heavy atom. The molecule has 3 amide bonds. The number of hydrogen-bond donors (Lipinski definition) is 3. The van der Waals surface area contributed by atoms with Crippen LogP contribution in [0.5, 0.6) is 0 Å². The molecule has 2 heterocycles. The quantitative estimate of drug-likeness (QED) is 0.406. The van der Waals surface area contributed by atoms with Gasteiger partial charge in [0, 0.05) is 26.7 Å². The van der Waals surface area contributed by atoms with E-state index in [1.807, 2.05) is 0 Å². The number of rotatable bonds is 6. The Morgan fingerprint density at radius 1 is 1.50 bits per heavy atom. The van der Waals surface area contributed by atoms with Crippen molar-refractivity contribution in [3.05, 3.63) is 22.4 Å². The molecule has 0 spiro atoms. The van der Waals surface area contributed by atoms with Crippen molar-refractivity contribution in [2.24, 2.45) is 4.99 Å². The molecule has 7 nitrogen and oxygen atoms in total. The normalized spacial score (nSPS) is 16.6. The van der Waals surface area contributed by atoms with Crippen LogP contribution in [0.3, 0.4) is 0 Å². The Kier molecular flexibility index (Phi) is 5.76. The zero-order chi connectivity index (χ0) is 15.9. The summed E-state index contributed by atoms with van der Waals surface area (Å²) in [5, 5.41) is 13.0. The number of aliphatic imine (C=N–C) groups is 1. The minimum atomic E-state index is -0.333. The van der Waals surface area contributed by atoms with E-state index in [1.54, 1.807) is 18.4 Å². The zero-order valence-electron chi connectivity index (χ0n) is 12.8. The largest absolute Gasteiger partial charge is 0.356 e. The highest BCUT2D eigenvalue weighted by Crippen LogP contribution is 2.16. The monoisotopic (exact) mass is 323 g/mol. The van der Waals surface area contributed by atoms with Crippen LogP contribution in [-0.4, -0.2) is 56.0 Å². The van der Waals surface area contributed by atoms with Crippen molar-refractivity contribution in [3.63, 3.8) is 0 Å². The van der Waals surface area contributed by atoms with Gasteiger partial charge >= 0.3 is 6.03 Å². The van der Waals surface area contributed by atoms with E-state index in [9.17, 15) is 9.59 Å². The number of thiophene rings is 1. The van der Waals surface area contributed by atoms with Gasteiger partial charge in [-0.15, -0.1) is 0 Å². The highest BCUT2D eigenvalue weighted by molar-refractivity contribution is 7.07. The molecule has 0 bridgehead atoms. The first-order chi connectivity index (χ1) is 10.6. The van der Waals surface area contributed by atoms with Crippen LogP contribution in [0.15, 0.2) is 21.8 Å². The number of carbonyl (C=O) groups is 2. The standard InChI is InChI=1S/C14H21N5O2S/c1-10(11-3-6-22-9-11)7-17-13(15-2)16-4-5-19-12(20)8-18-14(19)21/h3,6,9-10H,4-5,7-8H2,1-2H3,(H,18,21)(H2,15,16,17). The Morgan fingerprint density at radius 2 is 2.32 bits per heavy atom. The molecule has 120 valence electrons. The SMILES string of the molecule is CN=C(NCCN1C(=O)CNC1=O)NCC(C)c1ccsc1. The fraction of sp³-hybridized carbons (Fsp3) is 0.500. The summed E-state index contributed by atoms with van der Waals surface area (Å²) in [5.74, 6) is 0.852. The molecule has 0 aliphatic carbocycles. The Labute approximate surface area is 133 Å². The Hall–Kier alpha value is -2.09. The third kappa shape index (κ3) is 4.20. The molecule has 1 atom stereocenters. The van der Waals surface area contributed by atoms with Gasteiger partial charge in [-0.05, 0) is 28.3 Å². The van der Waals surface area contributed by atoms with Crippen LogP contribution in [0.4, 0.5) is 4.79 Å². The molecule has 1 saturated heterocycles. The summed E-state index contributed by atoms with van der Waals surface area (Å²) >= 11 is 1.69. The van der Waals surface area contributed by atoms with E-state index in [0.29, 0.717) is 25.0 Å². The van der Waals surface area contributed by atoms with E-state index in [1.165, 1.54) is 10.5 Å². The Balaban J connectivity index is 1.71. The second-order valence-electron chi connectivity index (χ2n) is 5.04. The summed E-state index contributed by atoms with van der Waals surface area (Å²) in [4.78, 5) is 28.2. The molecule has 1 unspecified atom stereocenters. The average Bonchev–Trinajstić information content (AvgIpc) is 3.15. The van der Waals surface area contributed by atoms with E-state index >= 15 is 0 Å². The van der Waals surface area contributed by atoms with E-state index in [2.05, 4.69) is 44.7 Å². The number of hydrogen-bond acceptors (Lipinski definition) is 4. The number of nitrogens with one attached hydrogen (secondary N) is 3. The van der Waals surface area contributed by atoms with Crippen LogP contribution in [0, 0.1) is 0 Å². The van der Waals surface area contributed by atoms with Crippen molar-refractivity contribution < 1.29 is 9.59 Å². The predicted molar refractivity (Wildman–Crippen MR) is 87.2 cm³/mol. The van der Waals surface area contributed by atoms with Crippen molar-refractivity contribution in [1.29, 1.82) is 0 Å². The van der Waals surface area contributed by atoms with Gasteiger partial charge in [-0.2, -0.15) is 11.3 Å². The van der Waals surface area contributed by atoms with Crippen LogP contribution in [0.1, 0.15) is 18.4 Å². The first-order valence-electron chi connectivity index (χ1n) is 7.16. The van der Waals surface area contributed by atoms with Crippen molar-refractivity contribution in [2.45, 2.75) is 12.8 Å². The first-order valence-corrected chi connectivity index (χ1v) is 8.11. The molecule has 1 aliphatic heterocycles. The molecular formula is C14H21N5O2S. The molecule has 3 N–H and O–H groups in total. The Bertz CT molecular complexity index is 527. The maximum absolute atomic E-state index is 11.4. The van der Waals surface area contributed by atoms with Gasteiger partial charge in [0.05, 0.1) is 6.54 Å². The number of amides is 3. The van der Waals surface area contributed by atoms with E-state index in [-0.39, 0.29) is 18.5 Å². The van der Waals surface area contributed by atoms with Crippen LogP contribution in [0.2, 0.25) is 0 Å². The number of imide groups is 1. The first kappa shape index (κ1) is 16.3. The van der Waals surface area contributed by atoms with Crippen molar-refractivity contribution in [2.75, 3.05) is 33.2 Å². The van der Waals surface area contributed by atoms with Gasteiger partial charge in [-0.1, -0.05) is 6.92 Å². The molecule has 0 radical (unpaired) electrons. The molecule has 2 rings (SSSR count). The molecule has 0 aromatic carbocycles. The lowest BCUT2D eigenvalue weighted by Crippen LogP contribution is -2.44. The maximum Gasteiger partial charge on any atom is 0.324 e. The average molecular weight is 323 g/mol. The molecule has 1 aromatic rings. The zero-order valence-corrected chi connectivity index (χ0v) is 13.6. The summed E-state index contributed by atoms with van der Waals surface area (Å²) in [5.41, 5.74) is 1.30. The fourth-order valence-corrected chi connectivity index (χ4v) is 2.89. The molecule has 0 saturated carbocycles. The predicted octanol–water partition coefficient (Wildman–Crippen LogP) is 0.568. The fourth-order valence-electron chi connectivity index (χ4n) is 2.11. The number of guanidine groups is 1. The topological polar surface area (TPSA) is 85.8 Å². The van der Waals surface area contributed by atoms with Gasteiger partial charge in [0.15, 0.2) is 5.96 Å². The van der Waals surface area contributed by atoms with E-state index in [0.717, 1.165) is 6.54 Å². The second kappa shape index (κ2) is 7.79. The third-order valence-corrected chi connectivity index (χ3v) is 4.18. The molecule has 8 heteroatoms. The minimum absolute atomic E-state index is 0.0873. The maximum atomic E-state index is 11.4. The molecule has 1 aliphatic rings. The summed E-state index contributed by atoms with van der Waals surface area (Å²) in [6.45, 7) is 3.79. The van der Waals surface area contributed by atoms with Crippen LogP contribution in [-0.2, 0) is 4.79 Å². The van der Waals surface area contributed by atoms with Gasteiger partial charge in [0.2, 0.25) is 5.91 Å². The third-order valence-electron chi connectivity index (χ3n) is 3.48. The van der Waals surface area contributed by atoms with Crippen molar-refractivity contribution in [1.82, 2.24) is 20.9 Å². The van der Waals surface area contributed by atoms with Gasteiger partial charge in [-0.3, -0.25) is 14.7 Å². The molecule has 1 aromatic heterocycles. The number of nitrogens with zero attached hydrogens (tertiary/aromatic N) is 2. The molecule has 1 fully saturated rings. The van der Waals surface area contributed by atoms with E-state index in [4.69, 9.17) is 0 Å². The lowest BCUT2D eigenvalue weighted by atomic mass is 10.1. The van der Waals surface area contributed by atoms with Crippen LogP contribution in [0.25, 0.3) is 0 Å². The second-order valence-corrected chi connectivity index (χ2v) is 5.82. The summed E-state index contributed by atoms with van der Waals surface area (Å²) in [7, 11) is 1.69. The van der Waals surface area contributed by atoms with E-state index < -0.39 is 0 Å². The number of carbonyl (C=O) groups excluding carboxylic acids is 2. The highest BCUT2D eigenvalue weighted by Gasteiger charge is 2.27. The van der Waals surface area contributed by atoms with Crippen molar-refractivity contribution >= 4 is 29.2 Å². The van der Waals surface area contributed by atoms with Gasteiger partial charge < -0.3 is 16.0 Å². The summed E-state index contributed by atoms with van der Waals surface area (Å²) in [6.07, 6.45) is 0. The molecular weight excluding hydrogens is 302 g/mol. The van der Waals surface area contributed by atoms with Crippen LogP contribution >= 0.6 is 11.3 Å². The van der Waals surface area contributed by atoms with Gasteiger partial charge in [0.25, 0.3) is 0 Å². The highest BCUT2D eigenvalue weighted by atomic mass is 32.1. The molecule has 22 heavy (non-hydrogen) atoms. The summed E-state index contributed by atoms with van der Waals surface area (Å²) < 4.78 is 0. The van der Waals surface area contributed by atoms with Crippen LogP contribution < -0.4 is 16.0 Å². The smallest absolute Gasteiger partial charge is 0.324 e. The number of urea groups is 1. The lowest BCUT2D eigenvalue weighted by Gasteiger charge is -2.17. The lowest BCUT2D eigenvalue weighted by molar-refractivity contribution is -0.124. The van der Waals surface area contributed by atoms with Gasteiger partial charge in [0.1, 0.15) is 0 Å². The van der Waals surface area contributed by atoms with Gasteiger partial charge in [-0.25, -0.2) is 4.79 Å². The van der Waals surface area contributed by atoms with Crippen molar-refractivity contribution in [3.8, 4) is 0 Å². The summed E-state index contributed by atoms with van der Waals surface area (Å²) in [6, 6.07) is 1.78. The minimum Gasteiger partial charge on any atom is -0.356 e.